The van der Waals surface area contributed by atoms with Gasteiger partial charge in [-0.25, -0.2) is 0 Å². The lowest BCUT2D eigenvalue weighted by atomic mass is 10.2. The first kappa shape index (κ1) is 12.8. The van der Waals surface area contributed by atoms with E-state index in [1.54, 1.807) is 0 Å². The molecule has 0 aliphatic carbocycles. The van der Waals surface area contributed by atoms with Crippen LogP contribution in [-0.2, 0) is 4.79 Å². The van der Waals surface area contributed by atoms with Crippen LogP contribution in [0.25, 0.3) is 0 Å². The van der Waals surface area contributed by atoms with Crippen molar-refractivity contribution in [2.45, 2.75) is 31.8 Å². The van der Waals surface area contributed by atoms with Gasteiger partial charge in [-0.15, -0.1) is 0 Å². The first-order valence-corrected chi connectivity index (χ1v) is 6.77. The number of nitrogens with zero attached hydrogens (tertiary/aromatic N) is 1. The van der Waals surface area contributed by atoms with Crippen LogP contribution in [0.5, 0.6) is 0 Å². The molecule has 2 rings (SSSR count). The monoisotopic (exact) mass is 240 g/mol. The summed E-state index contributed by atoms with van der Waals surface area (Å²) in [6, 6.07) is 0.487. The molecule has 98 valence electrons. The molecule has 0 aromatic rings. The Labute approximate surface area is 103 Å². The Morgan fingerprint density at radius 2 is 2.35 bits per heavy atom. The predicted octanol–water partition coefficient (Wildman–Crippen LogP) is -0.852. The molecule has 5 heteroatoms. The second kappa shape index (κ2) is 6.33. The molecule has 2 aliphatic heterocycles. The van der Waals surface area contributed by atoms with Crippen LogP contribution in [0, 0.1) is 0 Å². The molecular weight excluding hydrogens is 216 g/mol. The fourth-order valence-corrected chi connectivity index (χ4v) is 2.72. The summed E-state index contributed by atoms with van der Waals surface area (Å²) in [4.78, 5) is 14.4. The molecule has 0 saturated carbocycles. The van der Waals surface area contributed by atoms with Gasteiger partial charge in [0.2, 0.25) is 5.91 Å². The van der Waals surface area contributed by atoms with Crippen LogP contribution in [0.2, 0.25) is 0 Å². The Kier molecular flexibility index (Phi) is 4.76. The zero-order valence-electron chi connectivity index (χ0n) is 10.7. The summed E-state index contributed by atoms with van der Waals surface area (Å²) >= 11 is 0. The number of piperazine rings is 1. The van der Waals surface area contributed by atoms with Gasteiger partial charge in [-0.05, 0) is 25.9 Å². The van der Waals surface area contributed by atoms with Gasteiger partial charge in [-0.2, -0.15) is 0 Å². The van der Waals surface area contributed by atoms with E-state index in [0.717, 1.165) is 32.7 Å². The molecule has 2 atom stereocenters. The molecule has 17 heavy (non-hydrogen) atoms. The van der Waals surface area contributed by atoms with Crippen LogP contribution >= 0.6 is 0 Å². The SMILES string of the molecule is CCN1CCCC1CNC(=O)C1CNCCN1. The third-order valence-electron chi connectivity index (χ3n) is 3.77. The minimum atomic E-state index is -0.0553. The van der Waals surface area contributed by atoms with Crippen molar-refractivity contribution in [2.75, 3.05) is 39.3 Å². The highest BCUT2D eigenvalue weighted by Gasteiger charge is 2.25. The zero-order chi connectivity index (χ0) is 12.1. The largest absolute Gasteiger partial charge is 0.353 e. The number of hydrogen-bond donors (Lipinski definition) is 3. The third kappa shape index (κ3) is 3.40. The average Bonchev–Trinajstić information content (AvgIpc) is 2.84. The molecule has 0 spiro atoms. The van der Waals surface area contributed by atoms with Crippen LogP contribution in [0.3, 0.4) is 0 Å². The van der Waals surface area contributed by atoms with Crippen LogP contribution in [0.4, 0.5) is 0 Å². The van der Waals surface area contributed by atoms with Crippen molar-refractivity contribution in [1.82, 2.24) is 20.9 Å². The lowest BCUT2D eigenvalue weighted by Gasteiger charge is -2.26. The van der Waals surface area contributed by atoms with Crippen molar-refractivity contribution in [3.63, 3.8) is 0 Å². The fourth-order valence-electron chi connectivity index (χ4n) is 2.72. The number of rotatable bonds is 4. The Bertz CT molecular complexity index is 253. The summed E-state index contributed by atoms with van der Waals surface area (Å²) in [5.41, 5.74) is 0. The maximum atomic E-state index is 11.9. The number of likely N-dealkylation sites (N-methyl/N-ethyl adjacent to an activating group) is 1. The van der Waals surface area contributed by atoms with Crippen molar-refractivity contribution < 1.29 is 4.79 Å². The predicted molar refractivity (Wildman–Crippen MR) is 67.9 cm³/mol. The molecular formula is C12H24N4O. The molecule has 5 nitrogen and oxygen atoms in total. The topological polar surface area (TPSA) is 56.4 Å². The molecule has 2 aliphatic rings. The van der Waals surface area contributed by atoms with Crippen molar-refractivity contribution in [1.29, 1.82) is 0 Å². The first-order chi connectivity index (χ1) is 8.31. The Hall–Kier alpha value is -0.650. The number of likely N-dealkylation sites (tertiary alicyclic amines) is 1. The van der Waals surface area contributed by atoms with Gasteiger partial charge in [0.15, 0.2) is 0 Å². The van der Waals surface area contributed by atoms with Crippen LogP contribution in [-0.4, -0.2) is 62.2 Å². The second-order valence-corrected chi connectivity index (χ2v) is 4.88. The van der Waals surface area contributed by atoms with E-state index < -0.39 is 0 Å². The molecule has 0 aromatic heterocycles. The number of carbonyl (C=O) groups excluding carboxylic acids is 1. The molecule has 2 unspecified atom stereocenters. The van der Waals surface area contributed by atoms with E-state index in [0.29, 0.717) is 6.04 Å². The fraction of sp³-hybridized carbons (Fsp3) is 0.917. The maximum absolute atomic E-state index is 11.9. The third-order valence-corrected chi connectivity index (χ3v) is 3.77. The summed E-state index contributed by atoms with van der Waals surface area (Å²) in [6.07, 6.45) is 2.47. The Balaban J connectivity index is 1.71. The van der Waals surface area contributed by atoms with E-state index >= 15 is 0 Å². The molecule has 0 aromatic carbocycles. The minimum absolute atomic E-state index is 0.0553. The standard InChI is InChI=1S/C12H24N4O/c1-2-16-7-3-4-10(16)8-15-12(17)11-9-13-5-6-14-11/h10-11,13-14H,2-9H2,1H3,(H,15,17). The number of amides is 1. The minimum Gasteiger partial charge on any atom is -0.353 e. The van der Waals surface area contributed by atoms with Gasteiger partial charge >= 0.3 is 0 Å². The lowest BCUT2D eigenvalue weighted by Crippen LogP contribution is -2.56. The zero-order valence-corrected chi connectivity index (χ0v) is 10.7. The highest BCUT2D eigenvalue weighted by molar-refractivity contribution is 5.82. The maximum Gasteiger partial charge on any atom is 0.238 e. The normalized spacial score (nSPS) is 30.4. The molecule has 0 bridgehead atoms. The van der Waals surface area contributed by atoms with E-state index in [4.69, 9.17) is 0 Å². The Morgan fingerprint density at radius 1 is 1.47 bits per heavy atom. The van der Waals surface area contributed by atoms with Crippen molar-refractivity contribution >= 4 is 5.91 Å². The van der Waals surface area contributed by atoms with E-state index in [2.05, 4.69) is 27.8 Å². The summed E-state index contributed by atoms with van der Waals surface area (Å²) in [6.45, 7) is 7.83. The molecule has 1 amide bonds. The van der Waals surface area contributed by atoms with E-state index in [1.807, 2.05) is 0 Å². The quantitative estimate of drug-likeness (QED) is 0.599. The highest BCUT2D eigenvalue weighted by atomic mass is 16.2. The van der Waals surface area contributed by atoms with Gasteiger partial charge in [0, 0.05) is 32.2 Å². The van der Waals surface area contributed by atoms with Crippen LogP contribution in [0.15, 0.2) is 0 Å². The van der Waals surface area contributed by atoms with Gasteiger partial charge in [-0.3, -0.25) is 9.69 Å². The van der Waals surface area contributed by atoms with Gasteiger partial charge < -0.3 is 16.0 Å². The van der Waals surface area contributed by atoms with E-state index in [9.17, 15) is 4.79 Å². The Morgan fingerprint density at radius 3 is 3.06 bits per heavy atom. The summed E-state index contributed by atoms with van der Waals surface area (Å²) in [7, 11) is 0. The molecule has 2 saturated heterocycles. The molecule has 0 radical (unpaired) electrons. The molecule has 2 heterocycles. The van der Waals surface area contributed by atoms with Gasteiger partial charge in [0.1, 0.15) is 0 Å². The summed E-state index contributed by atoms with van der Waals surface area (Å²) < 4.78 is 0. The van der Waals surface area contributed by atoms with Crippen LogP contribution in [0.1, 0.15) is 19.8 Å². The number of nitrogens with one attached hydrogen (secondary N) is 3. The number of carbonyl (C=O) groups is 1. The van der Waals surface area contributed by atoms with Crippen molar-refractivity contribution in [3.05, 3.63) is 0 Å². The summed E-state index contributed by atoms with van der Waals surface area (Å²) in [5, 5.41) is 9.54. The van der Waals surface area contributed by atoms with Gasteiger partial charge in [-0.1, -0.05) is 6.92 Å². The molecule has 2 fully saturated rings. The van der Waals surface area contributed by atoms with Crippen molar-refractivity contribution in [2.24, 2.45) is 0 Å². The van der Waals surface area contributed by atoms with Gasteiger partial charge in [0.05, 0.1) is 6.04 Å². The lowest BCUT2D eigenvalue weighted by molar-refractivity contribution is -0.123. The number of hydrogen-bond acceptors (Lipinski definition) is 4. The van der Waals surface area contributed by atoms with Crippen LogP contribution < -0.4 is 16.0 Å². The highest BCUT2D eigenvalue weighted by Crippen LogP contribution is 2.15. The van der Waals surface area contributed by atoms with E-state index in [1.165, 1.54) is 19.4 Å². The smallest absolute Gasteiger partial charge is 0.238 e. The first-order valence-electron chi connectivity index (χ1n) is 6.77. The van der Waals surface area contributed by atoms with E-state index in [-0.39, 0.29) is 11.9 Å². The van der Waals surface area contributed by atoms with Gasteiger partial charge in [0.25, 0.3) is 0 Å². The molecule has 3 N–H and O–H groups in total. The second-order valence-electron chi connectivity index (χ2n) is 4.88. The summed E-state index contributed by atoms with van der Waals surface area (Å²) in [5.74, 6) is 0.139. The van der Waals surface area contributed by atoms with Crippen molar-refractivity contribution in [3.8, 4) is 0 Å². The average molecular weight is 240 g/mol.